The highest BCUT2D eigenvalue weighted by Crippen LogP contribution is 2.15. The minimum atomic E-state index is -0.847. The van der Waals surface area contributed by atoms with E-state index in [0.717, 1.165) is 19.5 Å². The van der Waals surface area contributed by atoms with Crippen LogP contribution in [0.3, 0.4) is 0 Å². The van der Waals surface area contributed by atoms with E-state index in [1.54, 1.807) is 0 Å². The fourth-order valence-electron chi connectivity index (χ4n) is 1.68. The molecule has 1 heterocycles. The number of aliphatic hydroxyl groups is 1. The van der Waals surface area contributed by atoms with Crippen molar-refractivity contribution in [1.82, 2.24) is 4.90 Å². The van der Waals surface area contributed by atoms with Gasteiger partial charge in [0.25, 0.3) is 0 Å². The van der Waals surface area contributed by atoms with Gasteiger partial charge < -0.3 is 10.8 Å². The Balaban J connectivity index is 2.29. The summed E-state index contributed by atoms with van der Waals surface area (Å²) in [6.45, 7) is 3.58. The maximum Gasteiger partial charge on any atom is 0.117 e. The molecule has 0 bridgehead atoms. The summed E-state index contributed by atoms with van der Waals surface area (Å²) in [5, 5.41) is 9.10. The van der Waals surface area contributed by atoms with Gasteiger partial charge in [-0.15, -0.1) is 0 Å². The number of hydrogen-bond acceptors (Lipinski definition) is 3. The molecule has 0 radical (unpaired) electrons. The van der Waals surface area contributed by atoms with Crippen LogP contribution in [0.5, 0.6) is 0 Å². The van der Waals surface area contributed by atoms with Crippen molar-refractivity contribution < 1.29 is 9.50 Å². The Labute approximate surface area is 78.7 Å². The zero-order chi connectivity index (χ0) is 9.84. The van der Waals surface area contributed by atoms with Crippen LogP contribution in [0.1, 0.15) is 13.3 Å². The van der Waals surface area contributed by atoms with Gasteiger partial charge in [-0.2, -0.15) is 0 Å². The third-order valence-electron chi connectivity index (χ3n) is 2.75. The van der Waals surface area contributed by atoms with Crippen LogP contribution >= 0.6 is 0 Å². The summed E-state index contributed by atoms with van der Waals surface area (Å²) in [6.07, 6.45) is 0.195. The van der Waals surface area contributed by atoms with Gasteiger partial charge in [0, 0.05) is 19.1 Å². The molecule has 1 aliphatic rings. The number of aliphatic hydroxyl groups excluding tert-OH is 1. The number of halogens is 1. The largest absolute Gasteiger partial charge is 0.389 e. The zero-order valence-corrected chi connectivity index (χ0v) is 8.12. The lowest BCUT2D eigenvalue weighted by molar-refractivity contribution is 0.0678. The first-order valence-electron chi connectivity index (χ1n) is 4.85. The van der Waals surface area contributed by atoms with Gasteiger partial charge >= 0.3 is 0 Å². The molecular formula is C9H19FN2O. The van der Waals surface area contributed by atoms with Crippen LogP contribution in [0.2, 0.25) is 0 Å². The number of nitrogens with zero attached hydrogens (tertiary/aromatic N) is 1. The molecule has 3 unspecified atom stereocenters. The lowest BCUT2D eigenvalue weighted by Crippen LogP contribution is -2.49. The van der Waals surface area contributed by atoms with Crippen molar-refractivity contribution in [1.29, 1.82) is 0 Å². The van der Waals surface area contributed by atoms with Crippen LogP contribution in [-0.2, 0) is 0 Å². The quantitative estimate of drug-likeness (QED) is 0.658. The number of alkyl halides is 1. The first-order valence-corrected chi connectivity index (χ1v) is 4.85. The summed E-state index contributed by atoms with van der Waals surface area (Å²) in [6, 6.07) is 0.167. The van der Waals surface area contributed by atoms with E-state index in [0.29, 0.717) is 12.5 Å². The van der Waals surface area contributed by atoms with Gasteiger partial charge in [-0.05, 0) is 18.9 Å². The summed E-state index contributed by atoms with van der Waals surface area (Å²) in [5.74, 6) is 0.541. The standard InChI is InChI=1S/C9H19FN2O/c1-7-2-3-12(6-9(7)11)5-8(13)4-10/h7-9,13H,2-6,11H2,1H3. The Hall–Kier alpha value is -0.190. The fraction of sp³-hybridized carbons (Fsp3) is 1.00. The van der Waals surface area contributed by atoms with Crippen molar-refractivity contribution >= 4 is 0 Å². The average Bonchev–Trinajstić information content (AvgIpc) is 2.11. The lowest BCUT2D eigenvalue weighted by atomic mass is 9.94. The van der Waals surface area contributed by atoms with E-state index in [1.807, 2.05) is 4.90 Å². The summed E-state index contributed by atoms with van der Waals surface area (Å²) in [5.41, 5.74) is 5.87. The van der Waals surface area contributed by atoms with Crippen molar-refractivity contribution in [3.63, 3.8) is 0 Å². The second kappa shape index (κ2) is 4.88. The van der Waals surface area contributed by atoms with E-state index < -0.39 is 12.8 Å². The Morgan fingerprint density at radius 3 is 2.92 bits per heavy atom. The maximum absolute atomic E-state index is 12.0. The highest BCUT2D eigenvalue weighted by molar-refractivity contribution is 4.81. The molecule has 4 heteroatoms. The summed E-state index contributed by atoms with van der Waals surface area (Å²) in [4.78, 5) is 2.04. The summed E-state index contributed by atoms with van der Waals surface area (Å²) in [7, 11) is 0. The molecule has 78 valence electrons. The minimum absolute atomic E-state index is 0.167. The van der Waals surface area contributed by atoms with E-state index >= 15 is 0 Å². The van der Waals surface area contributed by atoms with Gasteiger partial charge in [0.15, 0.2) is 0 Å². The monoisotopic (exact) mass is 190 g/mol. The molecule has 13 heavy (non-hydrogen) atoms. The molecule has 1 aliphatic heterocycles. The zero-order valence-electron chi connectivity index (χ0n) is 8.12. The van der Waals surface area contributed by atoms with Gasteiger partial charge in [-0.1, -0.05) is 6.92 Å². The van der Waals surface area contributed by atoms with Crippen molar-refractivity contribution in [2.45, 2.75) is 25.5 Å². The van der Waals surface area contributed by atoms with Crippen LogP contribution in [0.25, 0.3) is 0 Å². The van der Waals surface area contributed by atoms with Crippen LogP contribution < -0.4 is 5.73 Å². The first kappa shape index (κ1) is 10.9. The Morgan fingerprint density at radius 1 is 1.69 bits per heavy atom. The van der Waals surface area contributed by atoms with E-state index in [2.05, 4.69) is 6.92 Å². The van der Waals surface area contributed by atoms with Gasteiger partial charge in [0.2, 0.25) is 0 Å². The Kier molecular flexibility index (Phi) is 4.09. The van der Waals surface area contributed by atoms with Crippen molar-refractivity contribution in [2.24, 2.45) is 11.7 Å². The highest BCUT2D eigenvalue weighted by Gasteiger charge is 2.24. The van der Waals surface area contributed by atoms with E-state index in [9.17, 15) is 4.39 Å². The van der Waals surface area contributed by atoms with Crippen LogP contribution in [0.4, 0.5) is 4.39 Å². The number of likely N-dealkylation sites (tertiary alicyclic amines) is 1. The number of rotatable bonds is 3. The lowest BCUT2D eigenvalue weighted by Gasteiger charge is -2.35. The van der Waals surface area contributed by atoms with Gasteiger partial charge in [0.05, 0.1) is 6.10 Å². The van der Waals surface area contributed by atoms with Gasteiger partial charge in [-0.25, -0.2) is 4.39 Å². The summed E-state index contributed by atoms with van der Waals surface area (Å²) >= 11 is 0. The molecule has 3 atom stereocenters. The molecule has 0 spiro atoms. The predicted octanol–water partition coefficient (Wildman–Crippen LogP) is -0.0141. The average molecular weight is 190 g/mol. The van der Waals surface area contributed by atoms with Gasteiger partial charge in [-0.3, -0.25) is 4.90 Å². The smallest absolute Gasteiger partial charge is 0.117 e. The molecule has 0 aromatic carbocycles. The van der Waals surface area contributed by atoms with Crippen molar-refractivity contribution in [3.05, 3.63) is 0 Å². The summed E-state index contributed by atoms with van der Waals surface area (Å²) < 4.78 is 12.0. The number of hydrogen-bond donors (Lipinski definition) is 2. The fourth-order valence-corrected chi connectivity index (χ4v) is 1.68. The topological polar surface area (TPSA) is 49.5 Å². The third-order valence-corrected chi connectivity index (χ3v) is 2.75. The first-order chi connectivity index (χ1) is 6.13. The molecule has 0 aromatic rings. The van der Waals surface area contributed by atoms with Gasteiger partial charge in [0.1, 0.15) is 6.67 Å². The van der Waals surface area contributed by atoms with Crippen molar-refractivity contribution in [2.75, 3.05) is 26.3 Å². The molecule has 0 amide bonds. The second-order valence-electron chi connectivity index (χ2n) is 4.00. The molecular weight excluding hydrogens is 171 g/mol. The molecule has 3 N–H and O–H groups in total. The number of piperidine rings is 1. The predicted molar refractivity (Wildman–Crippen MR) is 50.2 cm³/mol. The normalized spacial score (nSPS) is 33.2. The molecule has 1 saturated heterocycles. The third kappa shape index (κ3) is 3.21. The molecule has 0 aliphatic carbocycles. The molecule has 3 nitrogen and oxygen atoms in total. The van der Waals surface area contributed by atoms with Crippen molar-refractivity contribution in [3.8, 4) is 0 Å². The maximum atomic E-state index is 12.0. The van der Waals surface area contributed by atoms with Crippen LogP contribution in [0, 0.1) is 5.92 Å². The number of β-amino-alcohol motifs (C(OH)–C–C–N with tert-alkyl or cyclic N) is 1. The number of nitrogens with two attached hydrogens (primary N) is 1. The Morgan fingerprint density at radius 2 is 2.38 bits per heavy atom. The van der Waals surface area contributed by atoms with E-state index in [1.165, 1.54) is 0 Å². The highest BCUT2D eigenvalue weighted by atomic mass is 19.1. The molecule has 1 rings (SSSR count). The molecule has 1 fully saturated rings. The van der Waals surface area contributed by atoms with E-state index in [4.69, 9.17) is 10.8 Å². The molecule has 0 saturated carbocycles. The van der Waals surface area contributed by atoms with E-state index in [-0.39, 0.29) is 6.04 Å². The SMILES string of the molecule is CC1CCN(CC(O)CF)CC1N. The Bertz CT molecular complexity index is 155. The van der Waals surface area contributed by atoms with Crippen LogP contribution in [0.15, 0.2) is 0 Å². The van der Waals surface area contributed by atoms with Crippen LogP contribution in [-0.4, -0.2) is 48.5 Å². The minimum Gasteiger partial charge on any atom is -0.389 e. The second-order valence-corrected chi connectivity index (χ2v) is 4.00. The molecule has 0 aromatic heterocycles.